The molecule has 0 saturated heterocycles. The third kappa shape index (κ3) is 4.72. The minimum atomic E-state index is 0.544. The first kappa shape index (κ1) is 12.4. The third-order valence-electron chi connectivity index (χ3n) is 1.92. The Labute approximate surface area is 104 Å². The zero-order chi connectivity index (χ0) is 10.6. The van der Waals surface area contributed by atoms with Crippen LogP contribution in [0.3, 0.4) is 0 Å². The van der Waals surface area contributed by atoms with Gasteiger partial charge in [-0.1, -0.05) is 0 Å². The fourth-order valence-electron chi connectivity index (χ4n) is 1.34. The van der Waals surface area contributed by atoms with Crippen LogP contribution >= 0.6 is 33.9 Å². The number of rotatable bonds is 5. The lowest BCUT2D eigenvalue weighted by molar-refractivity contribution is 0.349. The summed E-state index contributed by atoms with van der Waals surface area (Å²) < 4.78 is 1.36. The Bertz CT molecular complexity index is 273. The maximum Gasteiger partial charge on any atom is 0.0656 e. The van der Waals surface area contributed by atoms with Crippen molar-refractivity contribution in [2.75, 3.05) is 20.6 Å². The highest BCUT2D eigenvalue weighted by Crippen LogP contribution is 2.16. The largest absolute Gasteiger partial charge is 0.309 e. The number of hydrogen-bond donors (Lipinski definition) is 1. The SMILES string of the molecule is CC(CN(C)C)NCc1csc(I)c1. The Morgan fingerprint density at radius 1 is 1.57 bits per heavy atom. The molecule has 14 heavy (non-hydrogen) atoms. The van der Waals surface area contributed by atoms with Gasteiger partial charge >= 0.3 is 0 Å². The van der Waals surface area contributed by atoms with Gasteiger partial charge in [0.2, 0.25) is 0 Å². The van der Waals surface area contributed by atoms with Crippen LogP contribution in [0.4, 0.5) is 0 Å². The Balaban J connectivity index is 2.26. The smallest absolute Gasteiger partial charge is 0.0656 e. The highest BCUT2D eigenvalue weighted by atomic mass is 127. The van der Waals surface area contributed by atoms with Crippen molar-refractivity contribution in [2.24, 2.45) is 0 Å². The normalized spacial score (nSPS) is 13.5. The molecule has 1 aromatic heterocycles. The van der Waals surface area contributed by atoms with Crippen molar-refractivity contribution >= 4 is 33.9 Å². The molecule has 1 unspecified atom stereocenters. The molecule has 80 valence electrons. The van der Waals surface area contributed by atoms with Gasteiger partial charge in [0, 0.05) is 19.1 Å². The van der Waals surface area contributed by atoms with Crippen LogP contribution in [0.1, 0.15) is 12.5 Å². The van der Waals surface area contributed by atoms with Gasteiger partial charge in [0.05, 0.1) is 2.88 Å². The first-order valence-corrected chi connectivity index (χ1v) is 6.65. The Morgan fingerprint density at radius 2 is 2.29 bits per heavy atom. The molecular weight excluding hydrogens is 307 g/mol. The van der Waals surface area contributed by atoms with Gasteiger partial charge in [-0.25, -0.2) is 0 Å². The minimum absolute atomic E-state index is 0.544. The van der Waals surface area contributed by atoms with Crippen LogP contribution in [0.2, 0.25) is 0 Å². The van der Waals surface area contributed by atoms with E-state index in [-0.39, 0.29) is 0 Å². The van der Waals surface area contributed by atoms with Gasteiger partial charge in [-0.05, 0) is 60.6 Å². The van der Waals surface area contributed by atoms with Crippen LogP contribution in [-0.2, 0) is 6.54 Å². The molecule has 0 aliphatic heterocycles. The molecule has 0 aliphatic carbocycles. The van der Waals surface area contributed by atoms with Crippen molar-refractivity contribution in [3.8, 4) is 0 Å². The van der Waals surface area contributed by atoms with E-state index < -0.39 is 0 Å². The molecule has 1 N–H and O–H groups in total. The molecule has 1 heterocycles. The van der Waals surface area contributed by atoms with E-state index in [9.17, 15) is 0 Å². The number of likely N-dealkylation sites (N-methyl/N-ethyl adjacent to an activating group) is 1. The second-order valence-electron chi connectivity index (χ2n) is 3.80. The summed E-state index contributed by atoms with van der Waals surface area (Å²) in [6, 6.07) is 2.78. The molecule has 1 rings (SSSR count). The van der Waals surface area contributed by atoms with Crippen LogP contribution < -0.4 is 5.32 Å². The van der Waals surface area contributed by atoms with Crippen LogP contribution in [0.25, 0.3) is 0 Å². The van der Waals surface area contributed by atoms with Crippen LogP contribution in [0.5, 0.6) is 0 Å². The van der Waals surface area contributed by atoms with Gasteiger partial charge < -0.3 is 10.2 Å². The summed E-state index contributed by atoms with van der Waals surface area (Å²) in [5.41, 5.74) is 1.39. The minimum Gasteiger partial charge on any atom is -0.309 e. The van der Waals surface area contributed by atoms with Crippen molar-refractivity contribution in [2.45, 2.75) is 19.5 Å². The number of nitrogens with one attached hydrogen (secondary N) is 1. The molecule has 0 saturated carbocycles. The van der Waals surface area contributed by atoms with Crippen LogP contribution in [0.15, 0.2) is 11.4 Å². The first-order chi connectivity index (χ1) is 6.58. The molecule has 2 nitrogen and oxygen atoms in total. The molecule has 0 bridgehead atoms. The third-order valence-corrected chi connectivity index (χ3v) is 3.75. The van der Waals surface area contributed by atoms with Gasteiger partial charge in [-0.15, -0.1) is 11.3 Å². The molecule has 0 aromatic carbocycles. The Kier molecular flexibility index (Phi) is 5.36. The van der Waals surface area contributed by atoms with E-state index in [1.54, 1.807) is 11.3 Å². The van der Waals surface area contributed by atoms with Gasteiger partial charge in [-0.3, -0.25) is 0 Å². The summed E-state index contributed by atoms with van der Waals surface area (Å²) in [5.74, 6) is 0. The Hall–Kier alpha value is 0.350. The topological polar surface area (TPSA) is 15.3 Å². The summed E-state index contributed by atoms with van der Waals surface area (Å²) in [5, 5.41) is 5.72. The van der Waals surface area contributed by atoms with E-state index in [2.05, 4.69) is 65.3 Å². The van der Waals surface area contributed by atoms with E-state index in [1.807, 2.05) is 0 Å². The van der Waals surface area contributed by atoms with Gasteiger partial charge in [-0.2, -0.15) is 0 Å². The average Bonchev–Trinajstić information content (AvgIpc) is 2.47. The van der Waals surface area contributed by atoms with Crippen molar-refractivity contribution in [1.29, 1.82) is 0 Å². The number of hydrogen-bond acceptors (Lipinski definition) is 3. The number of thiophene rings is 1. The van der Waals surface area contributed by atoms with Crippen molar-refractivity contribution < 1.29 is 0 Å². The van der Waals surface area contributed by atoms with Crippen molar-refractivity contribution in [3.63, 3.8) is 0 Å². The predicted octanol–water partition coefficient (Wildman–Crippen LogP) is 2.39. The fraction of sp³-hybridized carbons (Fsp3) is 0.600. The molecule has 0 radical (unpaired) electrons. The molecule has 0 amide bonds. The van der Waals surface area contributed by atoms with E-state index >= 15 is 0 Å². The zero-order valence-corrected chi connectivity index (χ0v) is 11.9. The molecule has 1 aromatic rings. The standard InChI is InChI=1S/C10H17IN2S/c1-8(6-13(2)3)12-5-9-4-10(11)14-7-9/h4,7-8,12H,5-6H2,1-3H3. The summed E-state index contributed by atoms with van der Waals surface area (Å²) in [6.07, 6.45) is 0. The second-order valence-corrected chi connectivity index (χ2v) is 6.61. The molecule has 0 spiro atoms. The zero-order valence-electron chi connectivity index (χ0n) is 8.88. The number of nitrogens with zero attached hydrogens (tertiary/aromatic N) is 1. The first-order valence-electron chi connectivity index (χ1n) is 4.69. The van der Waals surface area contributed by atoms with E-state index in [0.717, 1.165) is 13.1 Å². The lowest BCUT2D eigenvalue weighted by Crippen LogP contribution is -2.35. The monoisotopic (exact) mass is 324 g/mol. The molecule has 1 atom stereocenters. The highest BCUT2D eigenvalue weighted by Gasteiger charge is 2.03. The maximum absolute atomic E-state index is 3.51. The molecule has 0 fully saturated rings. The summed E-state index contributed by atoms with van der Waals surface area (Å²) >= 11 is 4.17. The lowest BCUT2D eigenvalue weighted by Gasteiger charge is -2.17. The molecule has 4 heteroatoms. The predicted molar refractivity (Wildman–Crippen MR) is 71.9 cm³/mol. The van der Waals surface area contributed by atoms with Crippen LogP contribution in [0, 0.1) is 2.88 Å². The summed E-state index contributed by atoms with van der Waals surface area (Å²) in [4.78, 5) is 2.20. The van der Waals surface area contributed by atoms with Crippen LogP contribution in [-0.4, -0.2) is 31.6 Å². The lowest BCUT2D eigenvalue weighted by atomic mass is 10.3. The fourth-order valence-corrected chi connectivity index (χ4v) is 2.76. The second kappa shape index (κ2) is 6.05. The van der Waals surface area contributed by atoms with E-state index in [1.165, 1.54) is 8.45 Å². The number of halogens is 1. The average molecular weight is 324 g/mol. The van der Waals surface area contributed by atoms with E-state index in [0.29, 0.717) is 6.04 Å². The van der Waals surface area contributed by atoms with Gasteiger partial charge in [0.1, 0.15) is 0 Å². The van der Waals surface area contributed by atoms with Gasteiger partial charge in [0.25, 0.3) is 0 Å². The quantitative estimate of drug-likeness (QED) is 0.837. The summed E-state index contributed by atoms with van der Waals surface area (Å²) in [6.45, 7) is 4.28. The Morgan fingerprint density at radius 3 is 2.79 bits per heavy atom. The van der Waals surface area contributed by atoms with E-state index in [4.69, 9.17) is 0 Å². The summed E-state index contributed by atoms with van der Waals surface area (Å²) in [7, 11) is 4.21. The van der Waals surface area contributed by atoms with Crippen molar-refractivity contribution in [3.05, 3.63) is 19.9 Å². The molecule has 0 aliphatic rings. The molecular formula is C10H17IN2S. The van der Waals surface area contributed by atoms with Crippen molar-refractivity contribution in [1.82, 2.24) is 10.2 Å². The van der Waals surface area contributed by atoms with Gasteiger partial charge in [0.15, 0.2) is 0 Å². The highest BCUT2D eigenvalue weighted by molar-refractivity contribution is 14.1. The maximum atomic E-state index is 3.51.